The SMILES string of the molecule is CC(NC(=O)CCOc1ccccc1F)c1cn[nH]c1. The van der Waals surface area contributed by atoms with Crippen LogP contribution in [0.25, 0.3) is 0 Å². The lowest BCUT2D eigenvalue weighted by atomic mass is 10.2. The number of benzene rings is 1. The second-order valence-electron chi connectivity index (χ2n) is 4.35. The van der Waals surface area contributed by atoms with E-state index in [0.29, 0.717) is 0 Å². The molecule has 0 fully saturated rings. The molecule has 2 N–H and O–H groups in total. The highest BCUT2D eigenvalue weighted by atomic mass is 19.1. The molecule has 1 aromatic carbocycles. The van der Waals surface area contributed by atoms with Gasteiger partial charge in [-0.1, -0.05) is 12.1 Å². The first-order chi connectivity index (χ1) is 9.66. The fourth-order valence-electron chi connectivity index (χ4n) is 1.71. The Labute approximate surface area is 116 Å². The molecule has 1 unspecified atom stereocenters. The fourth-order valence-corrected chi connectivity index (χ4v) is 1.71. The highest BCUT2D eigenvalue weighted by molar-refractivity contribution is 5.76. The lowest BCUT2D eigenvalue weighted by Gasteiger charge is -2.12. The number of aromatic amines is 1. The molecule has 0 aliphatic carbocycles. The third-order valence-electron chi connectivity index (χ3n) is 2.82. The van der Waals surface area contributed by atoms with E-state index in [1.54, 1.807) is 24.5 Å². The number of hydrogen-bond acceptors (Lipinski definition) is 3. The topological polar surface area (TPSA) is 67.0 Å². The maximum absolute atomic E-state index is 13.3. The van der Waals surface area contributed by atoms with Gasteiger partial charge in [0.05, 0.1) is 25.3 Å². The van der Waals surface area contributed by atoms with Crippen molar-refractivity contribution in [1.82, 2.24) is 15.5 Å². The van der Waals surface area contributed by atoms with E-state index in [1.807, 2.05) is 6.92 Å². The lowest BCUT2D eigenvalue weighted by Crippen LogP contribution is -2.27. The van der Waals surface area contributed by atoms with E-state index in [2.05, 4.69) is 15.5 Å². The number of nitrogens with zero attached hydrogens (tertiary/aromatic N) is 1. The molecule has 1 heterocycles. The van der Waals surface area contributed by atoms with Gasteiger partial charge in [-0.2, -0.15) is 5.10 Å². The van der Waals surface area contributed by atoms with Crippen molar-refractivity contribution in [2.75, 3.05) is 6.61 Å². The standard InChI is InChI=1S/C14H16FN3O2/c1-10(11-8-16-17-9-11)18-14(19)6-7-20-13-5-3-2-4-12(13)15/h2-5,8-10H,6-7H2,1H3,(H,16,17)(H,18,19). The van der Waals surface area contributed by atoms with E-state index < -0.39 is 5.82 Å². The Morgan fingerprint density at radius 3 is 3.00 bits per heavy atom. The smallest absolute Gasteiger partial charge is 0.223 e. The molecule has 20 heavy (non-hydrogen) atoms. The van der Waals surface area contributed by atoms with Gasteiger partial charge in [0.2, 0.25) is 5.91 Å². The summed E-state index contributed by atoms with van der Waals surface area (Å²) in [6.07, 6.45) is 3.54. The molecule has 1 atom stereocenters. The summed E-state index contributed by atoms with van der Waals surface area (Å²) in [4.78, 5) is 11.7. The van der Waals surface area contributed by atoms with Gasteiger partial charge in [0.25, 0.3) is 0 Å². The summed E-state index contributed by atoms with van der Waals surface area (Å²) < 4.78 is 18.5. The zero-order valence-electron chi connectivity index (χ0n) is 11.1. The summed E-state index contributed by atoms with van der Waals surface area (Å²) in [5, 5.41) is 9.32. The van der Waals surface area contributed by atoms with E-state index in [9.17, 15) is 9.18 Å². The van der Waals surface area contributed by atoms with Crippen molar-refractivity contribution in [3.8, 4) is 5.75 Å². The maximum Gasteiger partial charge on any atom is 0.223 e. The van der Waals surface area contributed by atoms with Crippen molar-refractivity contribution in [3.63, 3.8) is 0 Å². The van der Waals surface area contributed by atoms with Crippen molar-refractivity contribution >= 4 is 5.91 Å². The minimum absolute atomic E-state index is 0.130. The molecule has 5 nitrogen and oxygen atoms in total. The fraction of sp³-hybridized carbons (Fsp3) is 0.286. The average molecular weight is 277 g/mol. The van der Waals surface area contributed by atoms with Gasteiger partial charge in [0.15, 0.2) is 11.6 Å². The Morgan fingerprint density at radius 1 is 1.50 bits per heavy atom. The Morgan fingerprint density at radius 2 is 2.30 bits per heavy atom. The van der Waals surface area contributed by atoms with Crippen LogP contribution in [0.1, 0.15) is 24.9 Å². The monoisotopic (exact) mass is 277 g/mol. The first kappa shape index (κ1) is 14.0. The number of nitrogens with one attached hydrogen (secondary N) is 2. The summed E-state index contributed by atoms with van der Waals surface area (Å²) in [6, 6.07) is 5.98. The van der Waals surface area contributed by atoms with Gasteiger partial charge >= 0.3 is 0 Å². The average Bonchev–Trinajstić information content (AvgIpc) is 2.95. The molecule has 0 saturated carbocycles. The molecule has 2 rings (SSSR count). The number of para-hydroxylation sites is 1. The van der Waals surface area contributed by atoms with Gasteiger partial charge < -0.3 is 10.1 Å². The molecule has 0 spiro atoms. The predicted molar refractivity (Wildman–Crippen MR) is 71.7 cm³/mol. The number of halogens is 1. The molecule has 106 valence electrons. The van der Waals surface area contributed by atoms with Crippen LogP contribution < -0.4 is 10.1 Å². The molecule has 0 aliphatic rings. The summed E-state index contributed by atoms with van der Waals surface area (Å²) in [5.41, 5.74) is 0.897. The number of rotatable bonds is 6. The molecule has 0 saturated heterocycles. The van der Waals surface area contributed by atoms with Crippen molar-refractivity contribution in [1.29, 1.82) is 0 Å². The van der Waals surface area contributed by atoms with Crippen LogP contribution in [0.3, 0.4) is 0 Å². The number of ether oxygens (including phenoxy) is 1. The highest BCUT2D eigenvalue weighted by Gasteiger charge is 2.10. The van der Waals surface area contributed by atoms with Crippen LogP contribution in [0, 0.1) is 5.82 Å². The van der Waals surface area contributed by atoms with E-state index in [4.69, 9.17) is 4.74 Å². The van der Waals surface area contributed by atoms with Crippen molar-refractivity contribution < 1.29 is 13.9 Å². The largest absolute Gasteiger partial charge is 0.490 e. The number of amides is 1. The minimum Gasteiger partial charge on any atom is -0.490 e. The molecule has 2 aromatic rings. The Bertz CT molecular complexity index is 557. The molecular formula is C14H16FN3O2. The number of aromatic nitrogens is 2. The van der Waals surface area contributed by atoms with Gasteiger partial charge in [0.1, 0.15) is 0 Å². The van der Waals surface area contributed by atoms with E-state index in [1.165, 1.54) is 12.1 Å². The molecule has 0 aliphatic heterocycles. The molecule has 6 heteroatoms. The number of H-pyrrole nitrogens is 1. The zero-order valence-corrected chi connectivity index (χ0v) is 11.1. The number of carbonyl (C=O) groups excluding carboxylic acids is 1. The Kier molecular flexibility index (Phi) is 4.70. The molecule has 0 bridgehead atoms. The number of carbonyl (C=O) groups is 1. The summed E-state index contributed by atoms with van der Waals surface area (Å²) >= 11 is 0. The molecule has 0 radical (unpaired) electrons. The van der Waals surface area contributed by atoms with Crippen LogP contribution in [0.2, 0.25) is 0 Å². The van der Waals surface area contributed by atoms with Gasteiger partial charge in [-0.05, 0) is 19.1 Å². The molecule has 1 amide bonds. The van der Waals surface area contributed by atoms with Gasteiger partial charge in [-0.15, -0.1) is 0 Å². The molecular weight excluding hydrogens is 261 g/mol. The minimum atomic E-state index is -0.431. The van der Waals surface area contributed by atoms with Crippen LogP contribution in [0.4, 0.5) is 4.39 Å². The second-order valence-corrected chi connectivity index (χ2v) is 4.35. The van der Waals surface area contributed by atoms with Crippen LogP contribution in [0.15, 0.2) is 36.7 Å². The van der Waals surface area contributed by atoms with Gasteiger partial charge in [0, 0.05) is 11.8 Å². The van der Waals surface area contributed by atoms with Crippen molar-refractivity contribution in [2.24, 2.45) is 0 Å². The summed E-state index contributed by atoms with van der Waals surface area (Å²) in [6.45, 7) is 1.99. The first-order valence-corrected chi connectivity index (χ1v) is 6.32. The maximum atomic E-state index is 13.3. The van der Waals surface area contributed by atoms with E-state index in [0.717, 1.165) is 5.56 Å². The Balaban J connectivity index is 1.74. The zero-order chi connectivity index (χ0) is 14.4. The van der Waals surface area contributed by atoms with Crippen LogP contribution in [-0.4, -0.2) is 22.7 Å². The summed E-state index contributed by atoms with van der Waals surface area (Å²) in [5.74, 6) is -0.433. The van der Waals surface area contributed by atoms with Crippen LogP contribution in [0.5, 0.6) is 5.75 Å². The van der Waals surface area contributed by atoms with Crippen LogP contribution in [-0.2, 0) is 4.79 Å². The quantitative estimate of drug-likeness (QED) is 0.850. The second kappa shape index (κ2) is 6.70. The van der Waals surface area contributed by atoms with Crippen molar-refractivity contribution in [3.05, 3.63) is 48.0 Å². The van der Waals surface area contributed by atoms with Gasteiger partial charge in [-0.3, -0.25) is 9.89 Å². The normalized spacial score (nSPS) is 11.9. The first-order valence-electron chi connectivity index (χ1n) is 6.32. The molecule has 1 aromatic heterocycles. The Hall–Kier alpha value is -2.37. The predicted octanol–water partition coefficient (Wildman–Crippen LogP) is 2.20. The van der Waals surface area contributed by atoms with E-state index >= 15 is 0 Å². The third-order valence-corrected chi connectivity index (χ3v) is 2.82. The summed E-state index contributed by atoms with van der Waals surface area (Å²) in [7, 11) is 0. The third kappa shape index (κ3) is 3.81. The highest BCUT2D eigenvalue weighted by Crippen LogP contribution is 2.15. The van der Waals surface area contributed by atoms with Gasteiger partial charge in [-0.25, -0.2) is 4.39 Å². The van der Waals surface area contributed by atoms with Crippen molar-refractivity contribution in [2.45, 2.75) is 19.4 Å². The van der Waals surface area contributed by atoms with Crippen LogP contribution >= 0.6 is 0 Å². The van der Waals surface area contributed by atoms with E-state index in [-0.39, 0.29) is 30.7 Å². The number of hydrogen-bond donors (Lipinski definition) is 2. The lowest BCUT2D eigenvalue weighted by molar-refractivity contribution is -0.122.